The van der Waals surface area contributed by atoms with Crippen molar-refractivity contribution in [2.24, 2.45) is 9.98 Å². The van der Waals surface area contributed by atoms with Gasteiger partial charge < -0.3 is 9.80 Å². The maximum absolute atomic E-state index is 4.32. The Hall–Kier alpha value is -1.84. The predicted molar refractivity (Wildman–Crippen MR) is 78.2 cm³/mol. The molecule has 0 saturated carbocycles. The standard InChI is InChI=1S/C14H22N4/c1-17(2)11-15-9-13-5-7-14(8-6-13)10-16-12-18(3)4/h5-8,11-12H,9-10H2,1-4H3/b15-11+,16-12+. The van der Waals surface area contributed by atoms with Crippen molar-refractivity contribution >= 4 is 12.7 Å². The van der Waals surface area contributed by atoms with Gasteiger partial charge in [0, 0.05) is 28.2 Å². The number of nitrogens with zero attached hydrogens (tertiary/aromatic N) is 4. The van der Waals surface area contributed by atoms with Crippen LogP contribution in [0, 0.1) is 0 Å². The highest BCUT2D eigenvalue weighted by atomic mass is 15.1. The minimum atomic E-state index is 0.722. The quantitative estimate of drug-likeness (QED) is 0.567. The predicted octanol–water partition coefficient (Wildman–Crippen LogP) is 1.87. The van der Waals surface area contributed by atoms with E-state index in [9.17, 15) is 0 Å². The first-order valence-corrected chi connectivity index (χ1v) is 5.98. The molecule has 1 aromatic carbocycles. The summed E-state index contributed by atoms with van der Waals surface area (Å²) in [5.41, 5.74) is 2.43. The zero-order valence-corrected chi connectivity index (χ0v) is 11.7. The second-order valence-electron chi connectivity index (χ2n) is 4.66. The van der Waals surface area contributed by atoms with Crippen LogP contribution < -0.4 is 0 Å². The van der Waals surface area contributed by atoms with Crippen LogP contribution in [0.2, 0.25) is 0 Å². The summed E-state index contributed by atoms with van der Waals surface area (Å²) in [6, 6.07) is 8.42. The maximum atomic E-state index is 4.32. The smallest absolute Gasteiger partial charge is 0.0848 e. The van der Waals surface area contributed by atoms with Gasteiger partial charge in [-0.25, -0.2) is 0 Å². The molecule has 0 saturated heterocycles. The van der Waals surface area contributed by atoms with Crippen molar-refractivity contribution in [3.63, 3.8) is 0 Å². The summed E-state index contributed by atoms with van der Waals surface area (Å²) in [6.45, 7) is 1.44. The first kappa shape index (κ1) is 14.2. The molecule has 0 heterocycles. The molecular formula is C14H22N4. The molecule has 0 bridgehead atoms. The highest BCUT2D eigenvalue weighted by Gasteiger charge is 1.93. The van der Waals surface area contributed by atoms with Gasteiger partial charge in [-0.05, 0) is 11.1 Å². The molecular weight excluding hydrogens is 224 g/mol. The van der Waals surface area contributed by atoms with E-state index in [4.69, 9.17) is 0 Å². The lowest BCUT2D eigenvalue weighted by Gasteiger charge is -2.04. The molecule has 0 aromatic heterocycles. The molecule has 0 spiro atoms. The van der Waals surface area contributed by atoms with Crippen molar-refractivity contribution in [2.45, 2.75) is 13.1 Å². The van der Waals surface area contributed by atoms with Gasteiger partial charge in [-0.15, -0.1) is 0 Å². The number of hydrogen-bond acceptors (Lipinski definition) is 2. The fourth-order valence-corrected chi connectivity index (χ4v) is 1.37. The van der Waals surface area contributed by atoms with Gasteiger partial charge in [0.2, 0.25) is 0 Å². The third-order valence-corrected chi connectivity index (χ3v) is 2.20. The molecule has 4 nitrogen and oxygen atoms in total. The Morgan fingerprint density at radius 2 is 1.11 bits per heavy atom. The molecule has 1 aromatic rings. The van der Waals surface area contributed by atoms with Gasteiger partial charge in [0.05, 0.1) is 25.8 Å². The normalized spacial score (nSPS) is 11.3. The van der Waals surface area contributed by atoms with Crippen molar-refractivity contribution in [3.8, 4) is 0 Å². The highest BCUT2D eigenvalue weighted by Crippen LogP contribution is 2.06. The molecule has 0 atom stereocenters. The van der Waals surface area contributed by atoms with Crippen LogP contribution in [-0.2, 0) is 13.1 Å². The fourth-order valence-electron chi connectivity index (χ4n) is 1.37. The van der Waals surface area contributed by atoms with Gasteiger partial charge in [-0.3, -0.25) is 9.98 Å². The average Bonchev–Trinajstić information content (AvgIpc) is 2.30. The summed E-state index contributed by atoms with van der Waals surface area (Å²) < 4.78 is 0. The Balaban J connectivity index is 2.47. The van der Waals surface area contributed by atoms with E-state index in [2.05, 4.69) is 34.3 Å². The van der Waals surface area contributed by atoms with Crippen molar-refractivity contribution < 1.29 is 0 Å². The van der Waals surface area contributed by atoms with E-state index in [-0.39, 0.29) is 0 Å². The number of rotatable bonds is 6. The molecule has 4 heteroatoms. The van der Waals surface area contributed by atoms with E-state index >= 15 is 0 Å². The van der Waals surface area contributed by atoms with E-state index in [1.807, 2.05) is 50.7 Å². The number of aliphatic imine (C=N–C) groups is 2. The van der Waals surface area contributed by atoms with Crippen LogP contribution >= 0.6 is 0 Å². The Morgan fingerprint density at radius 3 is 1.39 bits per heavy atom. The molecule has 0 radical (unpaired) electrons. The van der Waals surface area contributed by atoms with Gasteiger partial charge in [-0.2, -0.15) is 0 Å². The fraction of sp³-hybridized carbons (Fsp3) is 0.429. The second-order valence-corrected chi connectivity index (χ2v) is 4.66. The lowest BCUT2D eigenvalue weighted by atomic mass is 10.1. The Kier molecular flexibility index (Phi) is 5.91. The number of hydrogen-bond donors (Lipinski definition) is 0. The van der Waals surface area contributed by atoms with E-state index in [1.165, 1.54) is 11.1 Å². The summed E-state index contributed by atoms with van der Waals surface area (Å²) in [6.07, 6.45) is 3.66. The number of benzene rings is 1. The summed E-state index contributed by atoms with van der Waals surface area (Å²) in [7, 11) is 7.87. The van der Waals surface area contributed by atoms with Crippen LogP contribution in [0.15, 0.2) is 34.3 Å². The largest absolute Gasteiger partial charge is 0.369 e. The molecule has 0 aliphatic heterocycles. The minimum absolute atomic E-state index is 0.722. The molecule has 0 aliphatic rings. The zero-order valence-electron chi connectivity index (χ0n) is 11.7. The van der Waals surface area contributed by atoms with Gasteiger partial charge in [0.15, 0.2) is 0 Å². The topological polar surface area (TPSA) is 31.2 Å². The van der Waals surface area contributed by atoms with Crippen molar-refractivity contribution in [2.75, 3.05) is 28.2 Å². The molecule has 0 N–H and O–H groups in total. The SMILES string of the molecule is CN(C)/C=N/Cc1ccc(C/N=C/N(C)C)cc1. The van der Waals surface area contributed by atoms with Crippen molar-refractivity contribution in [1.82, 2.24) is 9.80 Å². The van der Waals surface area contributed by atoms with E-state index < -0.39 is 0 Å². The second kappa shape index (κ2) is 7.48. The summed E-state index contributed by atoms with van der Waals surface area (Å²) in [5, 5.41) is 0. The van der Waals surface area contributed by atoms with Crippen LogP contribution in [0.25, 0.3) is 0 Å². The minimum Gasteiger partial charge on any atom is -0.369 e. The van der Waals surface area contributed by atoms with E-state index in [0.29, 0.717) is 0 Å². The van der Waals surface area contributed by atoms with E-state index in [0.717, 1.165) is 13.1 Å². The molecule has 0 aliphatic carbocycles. The molecule has 1 rings (SSSR count). The average molecular weight is 246 g/mol. The molecule has 0 unspecified atom stereocenters. The molecule has 98 valence electrons. The van der Waals surface area contributed by atoms with Crippen molar-refractivity contribution in [3.05, 3.63) is 35.4 Å². The molecule has 18 heavy (non-hydrogen) atoms. The zero-order chi connectivity index (χ0) is 13.4. The lowest BCUT2D eigenvalue weighted by Crippen LogP contribution is -2.07. The first-order chi connectivity index (χ1) is 8.58. The van der Waals surface area contributed by atoms with Crippen LogP contribution in [-0.4, -0.2) is 50.7 Å². The third kappa shape index (κ3) is 6.03. The summed E-state index contributed by atoms with van der Waals surface area (Å²) >= 11 is 0. The highest BCUT2D eigenvalue weighted by molar-refractivity contribution is 5.54. The van der Waals surface area contributed by atoms with Gasteiger partial charge in [0.25, 0.3) is 0 Å². The lowest BCUT2D eigenvalue weighted by molar-refractivity contribution is 0.638. The van der Waals surface area contributed by atoms with Gasteiger partial charge in [0.1, 0.15) is 0 Å². The summed E-state index contributed by atoms with van der Waals surface area (Å²) in [5.74, 6) is 0. The molecule has 0 fully saturated rings. The Bertz CT molecular complexity index is 352. The molecule has 0 amide bonds. The van der Waals surface area contributed by atoms with Crippen LogP contribution in [0.1, 0.15) is 11.1 Å². The van der Waals surface area contributed by atoms with Crippen LogP contribution in [0.5, 0.6) is 0 Å². The Morgan fingerprint density at radius 1 is 0.778 bits per heavy atom. The first-order valence-electron chi connectivity index (χ1n) is 5.98. The van der Waals surface area contributed by atoms with Crippen LogP contribution in [0.4, 0.5) is 0 Å². The van der Waals surface area contributed by atoms with Crippen LogP contribution in [0.3, 0.4) is 0 Å². The maximum Gasteiger partial charge on any atom is 0.0848 e. The van der Waals surface area contributed by atoms with Gasteiger partial charge >= 0.3 is 0 Å². The monoisotopic (exact) mass is 246 g/mol. The summed E-state index contributed by atoms with van der Waals surface area (Å²) in [4.78, 5) is 12.5. The Labute approximate surface area is 110 Å². The van der Waals surface area contributed by atoms with E-state index in [1.54, 1.807) is 0 Å². The third-order valence-electron chi connectivity index (χ3n) is 2.20. The van der Waals surface area contributed by atoms with Gasteiger partial charge in [-0.1, -0.05) is 24.3 Å². The van der Waals surface area contributed by atoms with Crippen molar-refractivity contribution in [1.29, 1.82) is 0 Å².